The molecule has 0 spiro atoms. The number of alkyl halides is 1. The molecule has 2 aromatic rings. The van der Waals surface area contributed by atoms with Crippen molar-refractivity contribution in [3.63, 3.8) is 0 Å². The summed E-state index contributed by atoms with van der Waals surface area (Å²) >= 11 is 2.35. The summed E-state index contributed by atoms with van der Waals surface area (Å²) in [5, 5.41) is 2.22. The Balaban J connectivity index is 2.26. The molecule has 0 saturated carbocycles. The maximum Gasteiger partial charge on any atom is 0.163 e. The molecule has 0 amide bonds. The molecule has 0 heterocycles. The van der Waals surface area contributed by atoms with Gasteiger partial charge in [-0.2, -0.15) is 0 Å². The van der Waals surface area contributed by atoms with E-state index in [0.29, 0.717) is 6.42 Å². The zero-order valence-corrected chi connectivity index (χ0v) is 11.8. The lowest BCUT2D eigenvalue weighted by molar-refractivity contribution is 0.0981. The molecule has 0 aliphatic carbocycles. The van der Waals surface area contributed by atoms with Crippen LogP contribution >= 0.6 is 22.6 Å². The summed E-state index contributed by atoms with van der Waals surface area (Å²) in [6.07, 6.45) is 2.78. The molecule has 17 heavy (non-hydrogen) atoms. The molecule has 0 radical (unpaired) electrons. The van der Waals surface area contributed by atoms with E-state index in [0.717, 1.165) is 33.6 Å². The van der Waals surface area contributed by atoms with Crippen molar-refractivity contribution in [3.8, 4) is 0 Å². The number of fused-ring (bicyclic) bond motifs is 1. The summed E-state index contributed by atoms with van der Waals surface area (Å²) in [5.41, 5.74) is 0.872. The number of Topliss-reactive ketones (excluding diaryl/α,β-unsaturated/α-hetero) is 1. The molecule has 0 bridgehead atoms. The number of unbranched alkanes of at least 4 members (excludes halogenated alkanes) is 1. The molecule has 0 aliphatic rings. The summed E-state index contributed by atoms with van der Waals surface area (Å²) in [6, 6.07) is 14.0. The minimum Gasteiger partial charge on any atom is -0.294 e. The van der Waals surface area contributed by atoms with Crippen molar-refractivity contribution in [3.05, 3.63) is 48.0 Å². The third kappa shape index (κ3) is 3.06. The van der Waals surface area contributed by atoms with E-state index in [1.807, 2.05) is 30.3 Å². The highest BCUT2D eigenvalue weighted by Gasteiger charge is 2.08. The molecule has 0 saturated heterocycles. The third-order valence-electron chi connectivity index (χ3n) is 2.88. The van der Waals surface area contributed by atoms with E-state index in [9.17, 15) is 4.79 Å². The monoisotopic (exact) mass is 338 g/mol. The molecule has 88 valence electrons. The van der Waals surface area contributed by atoms with Gasteiger partial charge in [0.25, 0.3) is 0 Å². The average Bonchev–Trinajstić information content (AvgIpc) is 2.38. The van der Waals surface area contributed by atoms with Gasteiger partial charge in [-0.1, -0.05) is 65.1 Å². The molecule has 0 aliphatic heterocycles. The highest BCUT2D eigenvalue weighted by Crippen LogP contribution is 2.20. The van der Waals surface area contributed by atoms with Gasteiger partial charge in [0.2, 0.25) is 0 Å². The second-order valence-corrected chi connectivity index (χ2v) is 5.17. The Labute approximate surface area is 115 Å². The molecule has 2 heteroatoms. The fraction of sp³-hybridized carbons (Fsp3) is 0.267. The zero-order chi connectivity index (χ0) is 12.1. The summed E-state index contributed by atoms with van der Waals surface area (Å²) in [5.74, 6) is 0.270. The highest BCUT2D eigenvalue weighted by atomic mass is 127. The van der Waals surface area contributed by atoms with Crippen LogP contribution in [-0.2, 0) is 0 Å². The quantitative estimate of drug-likeness (QED) is 0.336. The number of hydrogen-bond acceptors (Lipinski definition) is 1. The van der Waals surface area contributed by atoms with Crippen LogP contribution in [0.15, 0.2) is 42.5 Å². The van der Waals surface area contributed by atoms with Crippen LogP contribution in [0.1, 0.15) is 29.6 Å². The van der Waals surface area contributed by atoms with Crippen LogP contribution < -0.4 is 0 Å². The van der Waals surface area contributed by atoms with E-state index in [2.05, 4.69) is 34.7 Å². The van der Waals surface area contributed by atoms with Gasteiger partial charge in [-0.25, -0.2) is 0 Å². The Morgan fingerprint density at radius 2 is 1.76 bits per heavy atom. The lowest BCUT2D eigenvalue weighted by Gasteiger charge is -2.05. The second kappa shape index (κ2) is 6.15. The second-order valence-electron chi connectivity index (χ2n) is 4.10. The first kappa shape index (κ1) is 12.6. The summed E-state index contributed by atoms with van der Waals surface area (Å²) in [4.78, 5) is 12.1. The molecule has 0 N–H and O–H groups in total. The Hall–Kier alpha value is -0.900. The van der Waals surface area contributed by atoms with E-state index in [-0.39, 0.29) is 5.78 Å². The van der Waals surface area contributed by atoms with Crippen molar-refractivity contribution in [2.24, 2.45) is 0 Å². The average molecular weight is 338 g/mol. The van der Waals surface area contributed by atoms with Crippen LogP contribution in [0, 0.1) is 0 Å². The maximum absolute atomic E-state index is 12.1. The molecule has 0 fully saturated rings. The van der Waals surface area contributed by atoms with Gasteiger partial charge >= 0.3 is 0 Å². The van der Waals surface area contributed by atoms with Crippen molar-refractivity contribution in [2.75, 3.05) is 4.43 Å². The van der Waals surface area contributed by atoms with Crippen LogP contribution in [0.2, 0.25) is 0 Å². The Morgan fingerprint density at radius 3 is 2.59 bits per heavy atom. The van der Waals surface area contributed by atoms with Gasteiger partial charge in [0.05, 0.1) is 0 Å². The first-order valence-corrected chi connectivity index (χ1v) is 7.42. The van der Waals surface area contributed by atoms with Gasteiger partial charge in [-0.15, -0.1) is 0 Å². The van der Waals surface area contributed by atoms with E-state index in [1.165, 1.54) is 0 Å². The number of carbonyl (C=O) groups is 1. The lowest BCUT2D eigenvalue weighted by atomic mass is 9.99. The molecule has 0 unspecified atom stereocenters. The standard InChI is InChI=1S/C15H15IO/c16-11-4-3-10-15(17)14-9-5-7-12-6-1-2-8-13(12)14/h1-2,5-9H,3-4,10-11H2. The van der Waals surface area contributed by atoms with Gasteiger partial charge in [-0.05, 0) is 28.0 Å². The van der Waals surface area contributed by atoms with E-state index >= 15 is 0 Å². The number of ketones is 1. The molecule has 2 rings (SSSR count). The number of hydrogen-bond donors (Lipinski definition) is 0. The van der Waals surface area contributed by atoms with E-state index < -0.39 is 0 Å². The molecule has 2 aromatic carbocycles. The largest absolute Gasteiger partial charge is 0.294 e. The number of carbonyl (C=O) groups excluding carboxylic acids is 1. The van der Waals surface area contributed by atoms with Crippen LogP contribution in [0.5, 0.6) is 0 Å². The Morgan fingerprint density at radius 1 is 1.00 bits per heavy atom. The summed E-state index contributed by atoms with van der Waals surface area (Å²) in [6.45, 7) is 0. The molecular formula is C15H15IO. The maximum atomic E-state index is 12.1. The van der Waals surface area contributed by atoms with Gasteiger partial charge in [0.15, 0.2) is 5.78 Å². The van der Waals surface area contributed by atoms with Crippen LogP contribution in [0.4, 0.5) is 0 Å². The topological polar surface area (TPSA) is 17.1 Å². The predicted octanol–water partition coefficient (Wildman–Crippen LogP) is 4.63. The van der Waals surface area contributed by atoms with E-state index in [4.69, 9.17) is 0 Å². The first-order chi connectivity index (χ1) is 8.33. The minimum atomic E-state index is 0.270. The van der Waals surface area contributed by atoms with Crippen molar-refractivity contribution >= 4 is 39.1 Å². The van der Waals surface area contributed by atoms with Crippen molar-refractivity contribution in [1.29, 1.82) is 0 Å². The predicted molar refractivity (Wildman–Crippen MR) is 81.0 cm³/mol. The molecule has 0 aromatic heterocycles. The minimum absolute atomic E-state index is 0.270. The smallest absolute Gasteiger partial charge is 0.163 e. The molecular weight excluding hydrogens is 323 g/mol. The molecule has 0 atom stereocenters. The first-order valence-electron chi connectivity index (χ1n) is 5.90. The zero-order valence-electron chi connectivity index (χ0n) is 9.66. The van der Waals surface area contributed by atoms with Crippen molar-refractivity contribution < 1.29 is 4.79 Å². The van der Waals surface area contributed by atoms with Crippen molar-refractivity contribution in [1.82, 2.24) is 0 Å². The van der Waals surface area contributed by atoms with Gasteiger partial charge in [-0.3, -0.25) is 4.79 Å². The van der Waals surface area contributed by atoms with Crippen LogP contribution in [-0.4, -0.2) is 10.2 Å². The highest BCUT2D eigenvalue weighted by molar-refractivity contribution is 14.1. The Bertz CT molecular complexity index is 514. The fourth-order valence-electron chi connectivity index (χ4n) is 1.98. The fourth-order valence-corrected chi connectivity index (χ4v) is 2.52. The lowest BCUT2D eigenvalue weighted by Crippen LogP contribution is -2.00. The van der Waals surface area contributed by atoms with Gasteiger partial charge in [0.1, 0.15) is 0 Å². The van der Waals surface area contributed by atoms with Crippen molar-refractivity contribution in [2.45, 2.75) is 19.3 Å². The number of halogens is 1. The normalized spacial score (nSPS) is 10.6. The van der Waals surface area contributed by atoms with E-state index in [1.54, 1.807) is 0 Å². The molecule has 1 nitrogen and oxygen atoms in total. The van der Waals surface area contributed by atoms with Gasteiger partial charge < -0.3 is 0 Å². The SMILES string of the molecule is O=C(CCCCI)c1cccc2ccccc12. The Kier molecular flexibility index (Phi) is 4.54. The number of rotatable bonds is 5. The summed E-state index contributed by atoms with van der Waals surface area (Å²) < 4.78 is 1.13. The summed E-state index contributed by atoms with van der Waals surface area (Å²) in [7, 11) is 0. The number of benzene rings is 2. The third-order valence-corrected chi connectivity index (χ3v) is 3.64. The van der Waals surface area contributed by atoms with Crippen LogP contribution in [0.25, 0.3) is 10.8 Å². The van der Waals surface area contributed by atoms with Gasteiger partial charge in [0, 0.05) is 12.0 Å². The van der Waals surface area contributed by atoms with Crippen LogP contribution in [0.3, 0.4) is 0 Å².